The van der Waals surface area contributed by atoms with Crippen LogP contribution in [0.25, 0.3) is 0 Å². The lowest BCUT2D eigenvalue weighted by Crippen LogP contribution is -2.41. The van der Waals surface area contributed by atoms with Crippen molar-refractivity contribution in [1.29, 1.82) is 0 Å². The first-order valence-electron chi connectivity index (χ1n) is 10.4. The number of amides is 1. The number of ether oxygens (including phenoxy) is 2. The third kappa shape index (κ3) is 5.43. The van der Waals surface area contributed by atoms with Crippen molar-refractivity contribution in [2.75, 3.05) is 30.6 Å². The van der Waals surface area contributed by atoms with Gasteiger partial charge in [-0.15, -0.1) is 0 Å². The summed E-state index contributed by atoms with van der Waals surface area (Å²) in [5, 5.41) is 2.74. The van der Waals surface area contributed by atoms with Gasteiger partial charge in [0, 0.05) is 12.6 Å². The van der Waals surface area contributed by atoms with Crippen molar-refractivity contribution >= 4 is 21.6 Å². The van der Waals surface area contributed by atoms with E-state index in [1.54, 1.807) is 0 Å². The molecule has 4 rings (SSSR count). The van der Waals surface area contributed by atoms with E-state index in [1.165, 1.54) is 36.4 Å². The minimum Gasteiger partial charge on any atom is -0.486 e. The molecular weight excluding hydrogens is 447 g/mol. The zero-order chi connectivity index (χ0) is 23.3. The van der Waals surface area contributed by atoms with E-state index in [-0.39, 0.29) is 10.6 Å². The Morgan fingerprint density at radius 1 is 0.939 bits per heavy atom. The van der Waals surface area contributed by atoms with Crippen LogP contribution in [0.2, 0.25) is 0 Å². The number of hydrogen-bond donors (Lipinski definition) is 1. The van der Waals surface area contributed by atoms with Crippen LogP contribution in [0, 0.1) is 5.82 Å². The molecule has 3 aromatic rings. The number of benzene rings is 3. The Morgan fingerprint density at radius 2 is 1.70 bits per heavy atom. The van der Waals surface area contributed by atoms with E-state index in [1.807, 2.05) is 30.3 Å². The highest BCUT2D eigenvalue weighted by Crippen LogP contribution is 2.34. The minimum atomic E-state index is -4.21. The normalized spacial score (nSPS) is 12.8. The molecule has 1 aliphatic heterocycles. The number of anilines is 1. The molecule has 0 unspecified atom stereocenters. The fourth-order valence-electron chi connectivity index (χ4n) is 3.43. The van der Waals surface area contributed by atoms with Crippen molar-refractivity contribution in [1.82, 2.24) is 5.32 Å². The fourth-order valence-corrected chi connectivity index (χ4v) is 4.86. The SMILES string of the molecule is O=C(CN(c1cccc(F)c1)S(=O)(=O)c1ccc2c(c1)OCCO2)NCCc1ccccc1. The molecule has 0 radical (unpaired) electrons. The summed E-state index contributed by atoms with van der Waals surface area (Å²) < 4.78 is 52.7. The Morgan fingerprint density at radius 3 is 2.45 bits per heavy atom. The zero-order valence-corrected chi connectivity index (χ0v) is 18.6. The molecule has 33 heavy (non-hydrogen) atoms. The van der Waals surface area contributed by atoms with Gasteiger partial charge in [0.25, 0.3) is 10.0 Å². The summed E-state index contributed by atoms with van der Waals surface area (Å²) in [6.45, 7) is 0.504. The van der Waals surface area contributed by atoms with E-state index >= 15 is 0 Å². The molecule has 1 N–H and O–H groups in total. The second-order valence-corrected chi connectivity index (χ2v) is 9.24. The maximum absolute atomic E-state index is 13.9. The molecule has 0 atom stereocenters. The van der Waals surface area contributed by atoms with E-state index in [0.29, 0.717) is 37.7 Å². The highest BCUT2D eigenvalue weighted by atomic mass is 32.2. The van der Waals surface area contributed by atoms with Crippen LogP contribution in [0.5, 0.6) is 11.5 Å². The van der Waals surface area contributed by atoms with E-state index in [2.05, 4.69) is 5.32 Å². The average Bonchev–Trinajstić information content (AvgIpc) is 2.83. The van der Waals surface area contributed by atoms with E-state index < -0.39 is 28.3 Å². The lowest BCUT2D eigenvalue weighted by atomic mass is 10.1. The average molecular weight is 471 g/mol. The highest BCUT2D eigenvalue weighted by Gasteiger charge is 2.29. The molecular formula is C24H23FN2O5S. The first kappa shape index (κ1) is 22.6. The molecule has 0 spiro atoms. The predicted octanol–water partition coefficient (Wildman–Crippen LogP) is 3.15. The van der Waals surface area contributed by atoms with Gasteiger partial charge in [0.2, 0.25) is 5.91 Å². The monoisotopic (exact) mass is 470 g/mol. The second-order valence-electron chi connectivity index (χ2n) is 7.38. The number of fused-ring (bicyclic) bond motifs is 1. The largest absolute Gasteiger partial charge is 0.486 e. The van der Waals surface area contributed by atoms with Gasteiger partial charge in [-0.3, -0.25) is 9.10 Å². The first-order chi connectivity index (χ1) is 15.9. The summed E-state index contributed by atoms with van der Waals surface area (Å²) in [6, 6.07) is 18.9. The Kier molecular flexibility index (Phi) is 6.79. The topological polar surface area (TPSA) is 84.9 Å². The summed E-state index contributed by atoms with van der Waals surface area (Å²) >= 11 is 0. The van der Waals surface area contributed by atoms with Gasteiger partial charge in [-0.05, 0) is 42.3 Å². The quantitative estimate of drug-likeness (QED) is 0.547. The summed E-state index contributed by atoms with van der Waals surface area (Å²) in [7, 11) is -4.21. The van der Waals surface area contributed by atoms with Crippen molar-refractivity contribution in [3.63, 3.8) is 0 Å². The van der Waals surface area contributed by atoms with E-state index in [9.17, 15) is 17.6 Å². The van der Waals surface area contributed by atoms with Gasteiger partial charge < -0.3 is 14.8 Å². The molecule has 3 aromatic carbocycles. The van der Waals surface area contributed by atoms with Gasteiger partial charge in [0.15, 0.2) is 11.5 Å². The van der Waals surface area contributed by atoms with Crippen molar-refractivity contribution in [3.05, 3.63) is 84.2 Å². The molecule has 0 saturated heterocycles. The smallest absolute Gasteiger partial charge is 0.264 e. The highest BCUT2D eigenvalue weighted by molar-refractivity contribution is 7.92. The Balaban J connectivity index is 1.56. The van der Waals surface area contributed by atoms with Crippen molar-refractivity contribution in [2.45, 2.75) is 11.3 Å². The third-order valence-corrected chi connectivity index (χ3v) is 6.83. The van der Waals surface area contributed by atoms with Crippen molar-refractivity contribution in [2.24, 2.45) is 0 Å². The molecule has 0 aliphatic carbocycles. The molecule has 0 aromatic heterocycles. The minimum absolute atomic E-state index is 0.0445. The maximum Gasteiger partial charge on any atom is 0.264 e. The van der Waals surface area contributed by atoms with Crippen LogP contribution in [-0.4, -0.2) is 40.6 Å². The molecule has 7 nitrogen and oxygen atoms in total. The number of carbonyl (C=O) groups excluding carboxylic acids is 1. The Labute approximate surface area is 191 Å². The first-order valence-corrected chi connectivity index (χ1v) is 11.9. The van der Waals surface area contributed by atoms with Crippen molar-refractivity contribution < 1.29 is 27.1 Å². The van der Waals surface area contributed by atoms with Crippen LogP contribution in [0.3, 0.4) is 0 Å². The summed E-state index contributed by atoms with van der Waals surface area (Å²) in [5.74, 6) is -0.374. The molecule has 0 fully saturated rings. The predicted molar refractivity (Wildman–Crippen MR) is 122 cm³/mol. The third-order valence-electron chi connectivity index (χ3n) is 5.06. The maximum atomic E-state index is 13.9. The number of hydrogen-bond acceptors (Lipinski definition) is 5. The van der Waals surface area contributed by atoms with Gasteiger partial charge in [-0.25, -0.2) is 12.8 Å². The Bertz CT molecular complexity index is 1230. The molecule has 0 saturated carbocycles. The van der Waals surface area contributed by atoms with Crippen LogP contribution in [0.1, 0.15) is 5.56 Å². The van der Waals surface area contributed by atoms with E-state index in [4.69, 9.17) is 9.47 Å². The van der Waals surface area contributed by atoms with Crippen LogP contribution >= 0.6 is 0 Å². The van der Waals surface area contributed by atoms with Gasteiger partial charge >= 0.3 is 0 Å². The second kappa shape index (κ2) is 9.91. The summed E-state index contributed by atoms with van der Waals surface area (Å²) in [6.07, 6.45) is 0.599. The number of nitrogens with zero attached hydrogens (tertiary/aromatic N) is 1. The lowest BCUT2D eigenvalue weighted by molar-refractivity contribution is -0.119. The molecule has 0 bridgehead atoms. The Hall–Kier alpha value is -3.59. The van der Waals surface area contributed by atoms with E-state index in [0.717, 1.165) is 15.9 Å². The molecule has 9 heteroatoms. The van der Waals surface area contributed by atoms with Crippen LogP contribution < -0.4 is 19.1 Å². The fraction of sp³-hybridized carbons (Fsp3) is 0.208. The summed E-state index contributed by atoms with van der Waals surface area (Å²) in [5.41, 5.74) is 1.09. The molecule has 1 amide bonds. The zero-order valence-electron chi connectivity index (χ0n) is 17.7. The number of carbonyl (C=O) groups is 1. The van der Waals surface area contributed by atoms with Crippen molar-refractivity contribution in [3.8, 4) is 11.5 Å². The number of halogens is 1. The number of sulfonamides is 1. The summed E-state index contributed by atoms with van der Waals surface area (Å²) in [4.78, 5) is 12.6. The molecule has 172 valence electrons. The van der Waals surface area contributed by atoms with Crippen LogP contribution in [0.15, 0.2) is 77.7 Å². The number of rotatable bonds is 8. The standard InChI is InChI=1S/C24H23FN2O5S/c25-19-7-4-8-20(15-19)27(17-24(28)26-12-11-18-5-2-1-3-6-18)33(29,30)21-9-10-22-23(16-21)32-14-13-31-22/h1-10,15-16H,11-14,17H2,(H,26,28). The van der Waals surface area contributed by atoms with Crippen LogP contribution in [-0.2, 0) is 21.2 Å². The number of nitrogens with one attached hydrogen (secondary N) is 1. The van der Waals surface area contributed by atoms with Gasteiger partial charge in [0.1, 0.15) is 25.6 Å². The van der Waals surface area contributed by atoms with Crippen LogP contribution in [0.4, 0.5) is 10.1 Å². The van der Waals surface area contributed by atoms with Gasteiger partial charge in [-0.1, -0.05) is 36.4 Å². The molecule has 1 heterocycles. The van der Waals surface area contributed by atoms with Gasteiger partial charge in [-0.2, -0.15) is 0 Å². The lowest BCUT2D eigenvalue weighted by Gasteiger charge is -2.25. The molecule has 1 aliphatic rings. The van der Waals surface area contributed by atoms with Gasteiger partial charge in [0.05, 0.1) is 10.6 Å².